The lowest BCUT2D eigenvalue weighted by Crippen LogP contribution is -2.30. The first kappa shape index (κ1) is 26.6. The third-order valence-corrected chi connectivity index (χ3v) is 7.46. The summed E-state index contributed by atoms with van der Waals surface area (Å²) in [5, 5.41) is 9.62. The van der Waals surface area contributed by atoms with Crippen molar-refractivity contribution in [3.8, 4) is 0 Å². The predicted molar refractivity (Wildman–Crippen MR) is 151 cm³/mol. The van der Waals surface area contributed by atoms with Gasteiger partial charge in [-0.2, -0.15) is 0 Å². The maximum Gasteiger partial charge on any atom is 0.324 e. The fourth-order valence-corrected chi connectivity index (χ4v) is 5.59. The van der Waals surface area contributed by atoms with E-state index < -0.39 is 6.03 Å². The Morgan fingerprint density at radius 2 is 1.81 bits per heavy atom. The zero-order valence-electron chi connectivity index (χ0n) is 20.3. The number of amides is 3. The fraction of sp³-hybridized carbons (Fsp3) is 0.250. The molecule has 7 nitrogen and oxygen atoms in total. The predicted octanol–water partition coefficient (Wildman–Crippen LogP) is 6.42. The van der Waals surface area contributed by atoms with Crippen LogP contribution >= 0.6 is 22.9 Å². The van der Waals surface area contributed by atoms with Crippen molar-refractivity contribution in [1.82, 2.24) is 4.90 Å². The minimum absolute atomic E-state index is 0.139. The smallest absolute Gasteiger partial charge is 0.324 e. The molecule has 0 saturated carbocycles. The summed E-state index contributed by atoms with van der Waals surface area (Å²) in [7, 11) is 0. The number of halogens is 1. The highest BCUT2D eigenvalue weighted by Crippen LogP contribution is 2.41. The SMILES string of the molecule is O=CNc1c(NC(=O)Nc2ccc(Cl)cc2)sc2c1CCN(CCCCC(=O)/C=C/c1ccccc1)C2. The molecule has 1 aliphatic rings. The molecule has 2 aromatic carbocycles. The van der Waals surface area contributed by atoms with Crippen molar-refractivity contribution in [3.63, 3.8) is 0 Å². The van der Waals surface area contributed by atoms with Crippen LogP contribution in [0.5, 0.6) is 0 Å². The van der Waals surface area contributed by atoms with Gasteiger partial charge in [-0.1, -0.05) is 48.0 Å². The van der Waals surface area contributed by atoms with E-state index in [1.54, 1.807) is 30.3 Å². The van der Waals surface area contributed by atoms with Crippen LogP contribution in [0.2, 0.25) is 5.02 Å². The lowest BCUT2D eigenvalue weighted by Gasteiger charge is -2.27. The van der Waals surface area contributed by atoms with Gasteiger partial charge in [-0.05, 0) is 67.3 Å². The van der Waals surface area contributed by atoms with Gasteiger partial charge in [-0.3, -0.25) is 19.8 Å². The minimum atomic E-state index is -0.391. The van der Waals surface area contributed by atoms with Gasteiger partial charge in [0.1, 0.15) is 5.00 Å². The number of rotatable bonds is 11. The van der Waals surface area contributed by atoms with Gasteiger partial charge in [0.15, 0.2) is 5.78 Å². The molecule has 0 fully saturated rings. The number of urea groups is 1. The highest BCUT2D eigenvalue weighted by molar-refractivity contribution is 7.17. The second kappa shape index (κ2) is 13.2. The summed E-state index contributed by atoms with van der Waals surface area (Å²) in [6.45, 7) is 2.49. The van der Waals surface area contributed by atoms with Gasteiger partial charge in [-0.25, -0.2) is 4.79 Å². The maximum absolute atomic E-state index is 12.5. The van der Waals surface area contributed by atoms with Crippen molar-refractivity contribution in [3.05, 3.63) is 81.7 Å². The van der Waals surface area contributed by atoms with Crippen LogP contribution in [-0.4, -0.2) is 36.2 Å². The second-order valence-corrected chi connectivity index (χ2v) is 10.3. The van der Waals surface area contributed by atoms with Crippen molar-refractivity contribution in [2.45, 2.75) is 32.2 Å². The Kier molecular flexibility index (Phi) is 9.48. The van der Waals surface area contributed by atoms with Gasteiger partial charge in [0, 0.05) is 35.1 Å². The van der Waals surface area contributed by atoms with Gasteiger partial charge in [0.05, 0.1) is 5.69 Å². The first-order chi connectivity index (χ1) is 18.0. The fourth-order valence-electron chi connectivity index (χ4n) is 4.22. The number of benzene rings is 2. The summed E-state index contributed by atoms with van der Waals surface area (Å²) in [6, 6.07) is 16.3. The molecule has 3 amide bonds. The number of nitrogens with one attached hydrogen (secondary N) is 3. The van der Waals surface area contributed by atoms with E-state index in [0.29, 0.717) is 34.2 Å². The highest BCUT2D eigenvalue weighted by Gasteiger charge is 2.25. The number of carbonyl (C=O) groups excluding carboxylic acids is 3. The average molecular weight is 537 g/mol. The summed E-state index contributed by atoms with van der Waals surface area (Å²) in [6.07, 6.45) is 7.24. The Labute approximate surface area is 225 Å². The number of fused-ring (bicyclic) bond motifs is 1. The molecule has 3 aromatic rings. The third-order valence-electron chi connectivity index (χ3n) is 6.08. The lowest BCUT2D eigenvalue weighted by molar-refractivity contribution is -0.114. The number of anilines is 3. The molecule has 9 heteroatoms. The molecule has 3 N–H and O–H groups in total. The number of ketones is 1. The van der Waals surface area contributed by atoms with Crippen LogP contribution in [0.3, 0.4) is 0 Å². The molecule has 1 aromatic heterocycles. The molecular weight excluding hydrogens is 508 g/mol. The molecule has 0 unspecified atom stereocenters. The molecule has 0 radical (unpaired) electrons. The van der Waals surface area contributed by atoms with Crippen molar-refractivity contribution in [2.75, 3.05) is 29.0 Å². The van der Waals surface area contributed by atoms with E-state index in [-0.39, 0.29) is 5.78 Å². The van der Waals surface area contributed by atoms with Crippen LogP contribution < -0.4 is 16.0 Å². The first-order valence-corrected chi connectivity index (χ1v) is 13.4. The minimum Gasteiger partial charge on any atom is -0.326 e. The molecule has 0 saturated heterocycles. The number of hydrogen-bond donors (Lipinski definition) is 3. The van der Waals surface area contributed by atoms with E-state index in [9.17, 15) is 14.4 Å². The summed E-state index contributed by atoms with van der Waals surface area (Å²) in [5.41, 5.74) is 3.37. The highest BCUT2D eigenvalue weighted by atomic mass is 35.5. The number of allylic oxidation sites excluding steroid dienone is 1. The average Bonchev–Trinajstić information content (AvgIpc) is 3.23. The number of nitrogens with zero attached hydrogens (tertiary/aromatic N) is 1. The van der Waals surface area contributed by atoms with Crippen molar-refractivity contribution >= 4 is 63.6 Å². The van der Waals surface area contributed by atoms with Crippen LogP contribution in [0.25, 0.3) is 6.08 Å². The maximum atomic E-state index is 12.5. The van der Waals surface area contributed by atoms with Gasteiger partial charge in [0.25, 0.3) is 0 Å². The van der Waals surface area contributed by atoms with Crippen molar-refractivity contribution in [2.24, 2.45) is 0 Å². The summed E-state index contributed by atoms with van der Waals surface area (Å²) < 4.78 is 0. The van der Waals surface area contributed by atoms with Crippen LogP contribution in [0.15, 0.2) is 60.7 Å². The van der Waals surface area contributed by atoms with Crippen molar-refractivity contribution in [1.29, 1.82) is 0 Å². The van der Waals surface area contributed by atoms with E-state index in [1.165, 1.54) is 11.3 Å². The van der Waals surface area contributed by atoms with Gasteiger partial charge >= 0.3 is 6.03 Å². The van der Waals surface area contributed by atoms with Gasteiger partial charge in [-0.15, -0.1) is 11.3 Å². The standard InChI is InChI=1S/C28H29ClN4O3S/c29-21-10-12-22(13-11-21)31-28(36)32-27-26(30-19-34)24-15-17-33(18-25(24)37-27)16-5-4-8-23(35)14-9-20-6-2-1-3-7-20/h1-3,6-7,9-14,19H,4-5,8,15-18H2,(H,30,34)(H2,31,32,36)/b14-9+. The third kappa shape index (κ3) is 7.76. The number of thiophene rings is 1. The van der Waals surface area contributed by atoms with Crippen LogP contribution in [-0.2, 0) is 22.6 Å². The molecule has 0 spiro atoms. The number of hydrogen-bond acceptors (Lipinski definition) is 5. The molecule has 37 heavy (non-hydrogen) atoms. The van der Waals surface area contributed by atoms with Gasteiger partial charge < -0.3 is 10.6 Å². The summed E-state index contributed by atoms with van der Waals surface area (Å²) >= 11 is 7.38. The van der Waals surface area contributed by atoms with E-state index >= 15 is 0 Å². The van der Waals surface area contributed by atoms with E-state index in [0.717, 1.165) is 54.9 Å². The molecule has 192 valence electrons. The first-order valence-electron chi connectivity index (χ1n) is 12.2. The Hall–Kier alpha value is -3.46. The lowest BCUT2D eigenvalue weighted by atomic mass is 10.1. The van der Waals surface area contributed by atoms with Crippen molar-refractivity contribution < 1.29 is 14.4 Å². The topological polar surface area (TPSA) is 90.5 Å². The van der Waals surface area contributed by atoms with E-state index in [1.807, 2.05) is 36.4 Å². The Morgan fingerprint density at radius 1 is 1.03 bits per heavy atom. The van der Waals surface area contributed by atoms with Gasteiger partial charge in [0.2, 0.25) is 6.41 Å². The second-order valence-electron chi connectivity index (χ2n) is 8.75. The molecule has 1 aliphatic heterocycles. The normalized spacial score (nSPS) is 13.2. The number of carbonyl (C=O) groups is 3. The summed E-state index contributed by atoms with van der Waals surface area (Å²) in [4.78, 5) is 39.4. The largest absolute Gasteiger partial charge is 0.326 e. The number of unbranched alkanes of at least 4 members (excludes halogenated alkanes) is 1. The zero-order chi connectivity index (χ0) is 26.0. The monoisotopic (exact) mass is 536 g/mol. The Morgan fingerprint density at radius 3 is 2.57 bits per heavy atom. The van der Waals surface area contributed by atoms with Crippen LogP contribution in [0.1, 0.15) is 35.3 Å². The molecule has 2 heterocycles. The quantitative estimate of drug-likeness (QED) is 0.150. The molecule has 0 bridgehead atoms. The molecule has 4 rings (SSSR count). The molecule has 0 atom stereocenters. The zero-order valence-corrected chi connectivity index (χ0v) is 21.9. The van der Waals surface area contributed by atoms with Crippen LogP contribution in [0.4, 0.5) is 21.2 Å². The Balaban J connectivity index is 1.27. The van der Waals surface area contributed by atoms with Crippen LogP contribution in [0, 0.1) is 0 Å². The summed E-state index contributed by atoms with van der Waals surface area (Å²) in [5.74, 6) is 0.139. The van der Waals surface area contributed by atoms with E-state index in [4.69, 9.17) is 11.6 Å². The molecular formula is C28H29ClN4O3S. The molecule has 0 aliphatic carbocycles. The Bertz CT molecular complexity index is 1260. The van der Waals surface area contributed by atoms with E-state index in [2.05, 4.69) is 20.9 Å².